The lowest BCUT2D eigenvalue weighted by atomic mass is 10.1. The van der Waals surface area contributed by atoms with Crippen LogP contribution >= 0.6 is 0 Å². The number of carbonyl (C=O) groups excluding carboxylic acids is 1. The molecular weight excluding hydrogens is 290 g/mol. The molecule has 0 atom stereocenters. The number of sulfonamides is 1. The highest BCUT2D eigenvalue weighted by molar-refractivity contribution is 7.89. The van der Waals surface area contributed by atoms with Crippen molar-refractivity contribution < 1.29 is 13.2 Å². The van der Waals surface area contributed by atoms with E-state index >= 15 is 0 Å². The van der Waals surface area contributed by atoms with Gasteiger partial charge in [-0.05, 0) is 31.5 Å². The fourth-order valence-corrected chi connectivity index (χ4v) is 3.79. The summed E-state index contributed by atoms with van der Waals surface area (Å²) in [4.78, 5) is 11.4. The largest absolute Gasteiger partial charge is 0.383 e. The van der Waals surface area contributed by atoms with Gasteiger partial charge in [-0.15, -0.1) is 0 Å². The molecule has 1 heterocycles. The predicted molar refractivity (Wildman–Crippen MR) is 79.6 cm³/mol. The normalized spacial score (nSPS) is 17.3. The first kappa shape index (κ1) is 15.5. The van der Waals surface area contributed by atoms with Gasteiger partial charge in [-0.3, -0.25) is 4.79 Å². The number of anilines is 1. The third-order valence-electron chi connectivity index (χ3n) is 3.43. The van der Waals surface area contributed by atoms with Gasteiger partial charge in [-0.2, -0.15) is 5.26 Å². The molecule has 0 spiro atoms. The second-order valence-corrected chi connectivity index (χ2v) is 7.01. The first-order valence-corrected chi connectivity index (χ1v) is 8.32. The van der Waals surface area contributed by atoms with Crippen LogP contribution in [0.25, 0.3) is 0 Å². The number of carbonyl (C=O) groups is 1. The number of benzene rings is 1. The Bertz CT molecular complexity index is 692. The molecule has 1 N–H and O–H groups in total. The molecule has 7 heteroatoms. The highest BCUT2D eigenvalue weighted by Crippen LogP contribution is 2.18. The van der Waals surface area contributed by atoms with E-state index in [1.54, 1.807) is 18.2 Å². The van der Waals surface area contributed by atoms with Crippen molar-refractivity contribution in [2.45, 2.75) is 13.3 Å². The zero-order chi connectivity index (χ0) is 15.5. The van der Waals surface area contributed by atoms with Gasteiger partial charge in [0.25, 0.3) is 0 Å². The maximum Gasteiger partial charge on any atom is 0.214 e. The summed E-state index contributed by atoms with van der Waals surface area (Å²) in [7, 11) is -3.10. The first-order valence-electron chi connectivity index (χ1n) is 6.71. The van der Waals surface area contributed by atoms with Gasteiger partial charge in [0, 0.05) is 25.2 Å². The fraction of sp³-hybridized carbons (Fsp3) is 0.429. The number of hydrogen-bond donors (Lipinski definition) is 1. The average Bonchev–Trinajstić information content (AvgIpc) is 2.77. The minimum absolute atomic E-state index is 0.0790. The van der Waals surface area contributed by atoms with Crippen molar-refractivity contribution in [2.24, 2.45) is 0 Å². The first-order chi connectivity index (χ1) is 9.94. The summed E-state index contributed by atoms with van der Waals surface area (Å²) in [6, 6.07) is 6.87. The lowest BCUT2D eigenvalue weighted by molar-refractivity contribution is 0.101. The van der Waals surface area contributed by atoms with Gasteiger partial charge in [0.15, 0.2) is 5.78 Å². The monoisotopic (exact) mass is 307 g/mol. The van der Waals surface area contributed by atoms with Crippen molar-refractivity contribution >= 4 is 21.5 Å². The molecule has 0 aliphatic carbocycles. The van der Waals surface area contributed by atoms with E-state index in [0.29, 0.717) is 42.9 Å². The second kappa shape index (κ2) is 6.24. The Morgan fingerprint density at radius 2 is 2.24 bits per heavy atom. The number of nitriles is 1. The Morgan fingerprint density at radius 1 is 1.48 bits per heavy atom. The Hall–Kier alpha value is -1.91. The van der Waals surface area contributed by atoms with Crippen LogP contribution in [-0.2, 0) is 10.0 Å². The van der Waals surface area contributed by atoms with E-state index in [0.717, 1.165) is 0 Å². The number of ketones is 1. The van der Waals surface area contributed by atoms with Gasteiger partial charge in [-0.1, -0.05) is 0 Å². The Balaban J connectivity index is 2.04. The van der Waals surface area contributed by atoms with Crippen LogP contribution < -0.4 is 5.32 Å². The molecule has 1 aromatic carbocycles. The molecule has 0 bridgehead atoms. The summed E-state index contributed by atoms with van der Waals surface area (Å²) in [5.41, 5.74) is 1.51. The van der Waals surface area contributed by atoms with Gasteiger partial charge in [0.1, 0.15) is 6.07 Å². The molecule has 21 heavy (non-hydrogen) atoms. The summed E-state index contributed by atoms with van der Waals surface area (Å²) in [6.07, 6.45) is 0.658. The highest BCUT2D eigenvalue weighted by atomic mass is 32.2. The van der Waals surface area contributed by atoms with Crippen LogP contribution in [0.15, 0.2) is 18.2 Å². The van der Waals surface area contributed by atoms with Gasteiger partial charge in [-0.25, -0.2) is 12.7 Å². The van der Waals surface area contributed by atoms with Crippen LogP contribution in [0.1, 0.15) is 29.3 Å². The molecule has 0 aromatic heterocycles. The van der Waals surface area contributed by atoms with Crippen molar-refractivity contribution in [1.82, 2.24) is 4.31 Å². The highest BCUT2D eigenvalue weighted by Gasteiger charge is 2.27. The van der Waals surface area contributed by atoms with Crippen LogP contribution in [0.5, 0.6) is 0 Å². The van der Waals surface area contributed by atoms with Crippen molar-refractivity contribution in [3.8, 4) is 6.07 Å². The van der Waals surface area contributed by atoms with Gasteiger partial charge in [0.2, 0.25) is 10.0 Å². The number of nitrogens with one attached hydrogen (secondary N) is 1. The molecule has 112 valence electrons. The Kier molecular flexibility index (Phi) is 4.60. The van der Waals surface area contributed by atoms with Gasteiger partial charge < -0.3 is 5.32 Å². The molecule has 0 amide bonds. The summed E-state index contributed by atoms with van der Waals surface area (Å²) < 4.78 is 24.8. The van der Waals surface area contributed by atoms with E-state index in [2.05, 4.69) is 11.4 Å². The second-order valence-electron chi connectivity index (χ2n) is 4.92. The number of Topliss-reactive ketones (excluding diaryl/α,β-unsaturated/α-hetero) is 1. The molecular formula is C14H17N3O3S. The summed E-state index contributed by atoms with van der Waals surface area (Å²) >= 11 is 0. The zero-order valence-electron chi connectivity index (χ0n) is 11.8. The van der Waals surface area contributed by atoms with Gasteiger partial charge >= 0.3 is 0 Å². The molecule has 0 unspecified atom stereocenters. The maximum atomic E-state index is 11.7. The molecule has 1 saturated heterocycles. The summed E-state index contributed by atoms with van der Waals surface area (Å²) in [5, 5.41) is 12.1. The minimum atomic E-state index is -3.10. The maximum absolute atomic E-state index is 11.7. The fourth-order valence-electron chi connectivity index (χ4n) is 2.26. The van der Waals surface area contributed by atoms with Crippen molar-refractivity contribution in [3.05, 3.63) is 29.3 Å². The van der Waals surface area contributed by atoms with Crippen LogP contribution in [0.4, 0.5) is 5.69 Å². The number of rotatable bonds is 5. The quantitative estimate of drug-likeness (QED) is 0.826. The molecule has 2 rings (SSSR count). The van der Waals surface area contributed by atoms with E-state index in [1.807, 2.05) is 0 Å². The van der Waals surface area contributed by atoms with E-state index in [-0.39, 0.29) is 11.5 Å². The van der Waals surface area contributed by atoms with Crippen LogP contribution in [0, 0.1) is 11.3 Å². The molecule has 1 aliphatic heterocycles. The SMILES string of the molecule is CC(=O)c1ccc(C#N)c(NCCN2CCCS2(=O)=O)c1. The van der Waals surface area contributed by atoms with Gasteiger partial charge in [0.05, 0.1) is 17.0 Å². The van der Waals surface area contributed by atoms with E-state index < -0.39 is 10.0 Å². The summed E-state index contributed by atoms with van der Waals surface area (Å²) in [6.45, 7) is 2.76. The topological polar surface area (TPSA) is 90.3 Å². The van der Waals surface area contributed by atoms with Crippen molar-refractivity contribution in [2.75, 3.05) is 30.7 Å². The smallest absolute Gasteiger partial charge is 0.214 e. The molecule has 1 fully saturated rings. The Morgan fingerprint density at radius 3 is 2.81 bits per heavy atom. The molecule has 0 radical (unpaired) electrons. The van der Waals surface area contributed by atoms with E-state index in [9.17, 15) is 13.2 Å². The third kappa shape index (κ3) is 3.60. The molecule has 1 aromatic rings. The molecule has 0 saturated carbocycles. The number of hydrogen-bond acceptors (Lipinski definition) is 5. The zero-order valence-corrected chi connectivity index (χ0v) is 12.6. The number of nitrogens with zero attached hydrogens (tertiary/aromatic N) is 2. The lowest BCUT2D eigenvalue weighted by Gasteiger charge is -2.15. The Labute approximate surface area is 124 Å². The molecule has 1 aliphatic rings. The van der Waals surface area contributed by atoms with Crippen molar-refractivity contribution in [3.63, 3.8) is 0 Å². The van der Waals surface area contributed by atoms with Crippen molar-refractivity contribution in [1.29, 1.82) is 5.26 Å². The third-order valence-corrected chi connectivity index (χ3v) is 5.38. The molecule has 6 nitrogen and oxygen atoms in total. The van der Waals surface area contributed by atoms with E-state index in [4.69, 9.17) is 5.26 Å². The average molecular weight is 307 g/mol. The minimum Gasteiger partial charge on any atom is -0.383 e. The van der Waals surface area contributed by atoms with Crippen LogP contribution in [-0.4, -0.2) is 43.9 Å². The van der Waals surface area contributed by atoms with Crippen LogP contribution in [0.3, 0.4) is 0 Å². The van der Waals surface area contributed by atoms with Crippen LogP contribution in [0.2, 0.25) is 0 Å². The standard InChI is InChI=1S/C14H17N3O3S/c1-11(18)12-3-4-13(10-15)14(9-12)16-5-7-17-6-2-8-21(17,19)20/h3-4,9,16H,2,5-8H2,1H3. The summed E-state index contributed by atoms with van der Waals surface area (Å²) in [5.74, 6) is 0.126. The lowest BCUT2D eigenvalue weighted by Crippen LogP contribution is -2.30. The predicted octanol–water partition coefficient (Wildman–Crippen LogP) is 1.21. The van der Waals surface area contributed by atoms with E-state index in [1.165, 1.54) is 11.2 Å².